The van der Waals surface area contributed by atoms with Gasteiger partial charge in [0, 0.05) is 0 Å². The molecule has 0 radical (unpaired) electrons. The summed E-state index contributed by atoms with van der Waals surface area (Å²) in [7, 11) is 0. The zero-order chi connectivity index (χ0) is 18.2. The van der Waals surface area contributed by atoms with Crippen molar-refractivity contribution in [3.05, 3.63) is 65.2 Å². The molecule has 0 saturated heterocycles. The number of carbonyl (C=O) groups is 1. The Labute approximate surface area is 145 Å². The average molecular weight is 341 g/mol. The highest BCUT2D eigenvalue weighted by Gasteiger charge is 2.27. The van der Waals surface area contributed by atoms with Gasteiger partial charge in [0.15, 0.2) is 6.10 Å². The Bertz CT molecular complexity index is 754. The smallest absolute Gasteiger partial charge is 0.338 e. The van der Waals surface area contributed by atoms with Crippen LogP contribution in [0, 0.1) is 11.3 Å². The predicted molar refractivity (Wildman–Crippen MR) is 89.5 cm³/mol. The first kappa shape index (κ1) is 18.5. The minimum atomic E-state index is -1.71. The summed E-state index contributed by atoms with van der Waals surface area (Å²) < 4.78 is 10.4. The molecule has 2 unspecified atom stereocenters. The molecule has 0 fully saturated rings. The van der Waals surface area contributed by atoms with Gasteiger partial charge in [-0.15, -0.1) is 0 Å². The minimum absolute atomic E-state index is 0.0986. The van der Waals surface area contributed by atoms with Crippen LogP contribution in [-0.4, -0.2) is 28.9 Å². The van der Waals surface area contributed by atoms with Crippen LogP contribution in [0.3, 0.4) is 0 Å². The molecule has 0 aliphatic heterocycles. The molecule has 2 aromatic rings. The number of rotatable bonds is 7. The topological polar surface area (TPSA) is 99.8 Å². The van der Waals surface area contributed by atoms with Crippen LogP contribution in [0.1, 0.15) is 29.7 Å². The Balaban J connectivity index is 2.18. The van der Waals surface area contributed by atoms with Crippen molar-refractivity contribution in [1.29, 1.82) is 5.26 Å². The van der Waals surface area contributed by atoms with Crippen molar-refractivity contribution in [2.24, 2.45) is 0 Å². The molecule has 0 aliphatic carbocycles. The summed E-state index contributed by atoms with van der Waals surface area (Å²) in [4.78, 5) is 11.6. The second-order valence-electron chi connectivity index (χ2n) is 5.28. The van der Waals surface area contributed by atoms with Gasteiger partial charge in [0.2, 0.25) is 0 Å². The van der Waals surface area contributed by atoms with Crippen LogP contribution >= 0.6 is 0 Å². The standard InChI is InChI=1S/C19H19NO5/c1-2-24-19(23)18(22)17(21)14-8-9-15(11-20)16(10-14)25-12-13-6-4-3-5-7-13/h3-10,17-18,21-22H,2,12H2,1H3. The van der Waals surface area contributed by atoms with E-state index in [1.807, 2.05) is 36.4 Å². The summed E-state index contributed by atoms with van der Waals surface area (Å²) in [6.45, 7) is 1.95. The number of aliphatic hydroxyl groups is 2. The van der Waals surface area contributed by atoms with Crippen molar-refractivity contribution in [3.8, 4) is 11.8 Å². The van der Waals surface area contributed by atoms with Crippen LogP contribution in [0.4, 0.5) is 0 Å². The summed E-state index contributed by atoms with van der Waals surface area (Å²) in [5.74, 6) is -0.648. The normalized spacial score (nSPS) is 12.7. The van der Waals surface area contributed by atoms with Crippen LogP contribution in [0.2, 0.25) is 0 Å². The van der Waals surface area contributed by atoms with E-state index in [1.54, 1.807) is 6.92 Å². The Morgan fingerprint density at radius 1 is 1.20 bits per heavy atom. The van der Waals surface area contributed by atoms with Gasteiger partial charge in [-0.2, -0.15) is 5.26 Å². The van der Waals surface area contributed by atoms with E-state index < -0.39 is 18.2 Å². The van der Waals surface area contributed by atoms with Gasteiger partial charge in [0.25, 0.3) is 0 Å². The Kier molecular flexibility index (Phi) is 6.52. The van der Waals surface area contributed by atoms with Gasteiger partial charge in [-0.1, -0.05) is 36.4 Å². The number of hydrogen-bond donors (Lipinski definition) is 2. The van der Waals surface area contributed by atoms with Gasteiger partial charge in [-0.05, 0) is 30.2 Å². The zero-order valence-corrected chi connectivity index (χ0v) is 13.8. The molecule has 2 N–H and O–H groups in total. The average Bonchev–Trinajstić information content (AvgIpc) is 2.66. The molecule has 25 heavy (non-hydrogen) atoms. The number of esters is 1. The molecular weight excluding hydrogens is 322 g/mol. The largest absolute Gasteiger partial charge is 0.488 e. The molecule has 2 atom stereocenters. The fraction of sp³-hybridized carbons (Fsp3) is 0.263. The van der Waals surface area contributed by atoms with Gasteiger partial charge >= 0.3 is 5.97 Å². The quantitative estimate of drug-likeness (QED) is 0.748. The van der Waals surface area contributed by atoms with Crippen molar-refractivity contribution in [2.45, 2.75) is 25.7 Å². The van der Waals surface area contributed by atoms with Gasteiger partial charge in [0.05, 0.1) is 12.2 Å². The fourth-order valence-corrected chi connectivity index (χ4v) is 2.21. The van der Waals surface area contributed by atoms with Crippen LogP contribution in [0.15, 0.2) is 48.5 Å². The lowest BCUT2D eigenvalue weighted by Crippen LogP contribution is -2.29. The SMILES string of the molecule is CCOC(=O)C(O)C(O)c1ccc(C#N)c(OCc2ccccc2)c1. The summed E-state index contributed by atoms with van der Waals surface area (Å²) in [5, 5.41) is 29.2. The van der Waals surface area contributed by atoms with Gasteiger partial charge in [0.1, 0.15) is 24.5 Å². The summed E-state index contributed by atoms with van der Waals surface area (Å²) >= 11 is 0. The number of hydrogen-bond acceptors (Lipinski definition) is 6. The van der Waals surface area contributed by atoms with E-state index in [0.29, 0.717) is 0 Å². The molecule has 0 saturated carbocycles. The summed E-state index contributed by atoms with van der Waals surface area (Å²) in [6.07, 6.45) is -3.19. The van der Waals surface area contributed by atoms with Gasteiger partial charge < -0.3 is 19.7 Å². The first-order valence-corrected chi connectivity index (χ1v) is 7.80. The van der Waals surface area contributed by atoms with Gasteiger partial charge in [-0.25, -0.2) is 4.79 Å². The van der Waals surface area contributed by atoms with Crippen molar-refractivity contribution < 1.29 is 24.5 Å². The Morgan fingerprint density at radius 3 is 2.56 bits per heavy atom. The van der Waals surface area contributed by atoms with E-state index in [2.05, 4.69) is 0 Å². The summed E-state index contributed by atoms with van der Waals surface area (Å²) in [5.41, 5.74) is 1.46. The highest BCUT2D eigenvalue weighted by atomic mass is 16.5. The third-order valence-electron chi connectivity index (χ3n) is 3.53. The van der Waals surface area contributed by atoms with E-state index in [4.69, 9.17) is 9.47 Å². The number of ether oxygens (including phenoxy) is 2. The second kappa shape index (κ2) is 8.83. The third kappa shape index (κ3) is 4.80. The highest BCUT2D eigenvalue weighted by molar-refractivity contribution is 5.75. The van der Waals surface area contributed by atoms with Gasteiger partial charge in [-0.3, -0.25) is 0 Å². The maximum absolute atomic E-state index is 11.6. The van der Waals surface area contributed by atoms with Crippen molar-refractivity contribution in [1.82, 2.24) is 0 Å². The zero-order valence-electron chi connectivity index (χ0n) is 13.8. The Hall–Kier alpha value is -2.88. The number of benzene rings is 2. The maximum Gasteiger partial charge on any atom is 0.338 e. The molecule has 6 heteroatoms. The first-order chi connectivity index (χ1) is 12.1. The number of nitrogens with zero attached hydrogens (tertiary/aromatic N) is 1. The van der Waals surface area contributed by atoms with Crippen molar-refractivity contribution in [2.75, 3.05) is 6.61 Å². The third-order valence-corrected chi connectivity index (χ3v) is 3.53. The predicted octanol–water partition coefficient (Wildman–Crippen LogP) is 2.09. The molecule has 0 heterocycles. The van der Waals surface area contributed by atoms with Crippen LogP contribution in [0.25, 0.3) is 0 Å². The molecule has 0 amide bonds. The van der Waals surface area contributed by atoms with Crippen LogP contribution in [0.5, 0.6) is 5.75 Å². The number of aliphatic hydroxyl groups excluding tert-OH is 2. The molecule has 0 spiro atoms. The molecule has 0 bridgehead atoms. The van der Waals surface area contributed by atoms with Crippen molar-refractivity contribution in [3.63, 3.8) is 0 Å². The van der Waals surface area contributed by atoms with E-state index in [1.165, 1.54) is 18.2 Å². The molecular formula is C19H19NO5. The highest BCUT2D eigenvalue weighted by Crippen LogP contribution is 2.26. The fourth-order valence-electron chi connectivity index (χ4n) is 2.21. The Morgan fingerprint density at radius 2 is 1.92 bits per heavy atom. The maximum atomic E-state index is 11.6. The summed E-state index contributed by atoms with van der Waals surface area (Å²) in [6, 6.07) is 15.8. The lowest BCUT2D eigenvalue weighted by Gasteiger charge is -2.18. The monoisotopic (exact) mass is 341 g/mol. The van der Waals surface area contributed by atoms with E-state index in [0.717, 1.165) is 5.56 Å². The van der Waals surface area contributed by atoms with E-state index in [-0.39, 0.29) is 30.1 Å². The van der Waals surface area contributed by atoms with E-state index in [9.17, 15) is 20.3 Å². The minimum Gasteiger partial charge on any atom is -0.488 e. The molecule has 130 valence electrons. The molecule has 6 nitrogen and oxygen atoms in total. The van der Waals surface area contributed by atoms with Crippen LogP contribution in [-0.2, 0) is 16.1 Å². The lowest BCUT2D eigenvalue weighted by molar-refractivity contribution is -0.159. The molecule has 2 aromatic carbocycles. The molecule has 0 aromatic heterocycles. The second-order valence-corrected chi connectivity index (χ2v) is 5.28. The van der Waals surface area contributed by atoms with E-state index >= 15 is 0 Å². The number of carbonyl (C=O) groups excluding carboxylic acids is 1. The molecule has 0 aliphatic rings. The lowest BCUT2D eigenvalue weighted by atomic mass is 10.0. The molecule has 2 rings (SSSR count). The first-order valence-electron chi connectivity index (χ1n) is 7.80. The number of nitriles is 1. The van der Waals surface area contributed by atoms with Crippen molar-refractivity contribution >= 4 is 5.97 Å². The van der Waals surface area contributed by atoms with Crippen LogP contribution < -0.4 is 4.74 Å².